The van der Waals surface area contributed by atoms with Crippen LogP contribution in [0.1, 0.15) is 17.2 Å². The van der Waals surface area contributed by atoms with Gasteiger partial charge in [-0.25, -0.2) is 4.98 Å². The van der Waals surface area contributed by atoms with Gasteiger partial charge in [-0.3, -0.25) is 14.5 Å². The molecule has 0 fully saturated rings. The van der Waals surface area contributed by atoms with Gasteiger partial charge in [-0.05, 0) is 29.3 Å². The molecule has 1 amide bonds. The number of rotatable bonds is 6. The first kappa shape index (κ1) is 15.6. The summed E-state index contributed by atoms with van der Waals surface area (Å²) in [5.74, 6) is -0.166. The van der Waals surface area contributed by atoms with Gasteiger partial charge >= 0.3 is 0 Å². The lowest BCUT2D eigenvalue weighted by Gasteiger charge is -2.18. The lowest BCUT2D eigenvalue weighted by molar-refractivity contribution is -0.117. The van der Waals surface area contributed by atoms with Gasteiger partial charge in [0.1, 0.15) is 12.7 Å². The molecule has 0 aliphatic heterocycles. The van der Waals surface area contributed by atoms with Crippen LogP contribution in [0.3, 0.4) is 0 Å². The van der Waals surface area contributed by atoms with E-state index < -0.39 is 0 Å². The molecule has 0 aliphatic carbocycles. The topological polar surface area (TPSA) is 72.7 Å². The molecular weight excluding hydrogens is 302 g/mol. The average Bonchev–Trinajstić information content (AvgIpc) is 3.14. The van der Waals surface area contributed by atoms with Crippen LogP contribution < -0.4 is 5.32 Å². The summed E-state index contributed by atoms with van der Waals surface area (Å²) in [5, 5.41) is 7.12. The van der Waals surface area contributed by atoms with E-state index in [2.05, 4.69) is 20.4 Å². The van der Waals surface area contributed by atoms with E-state index in [1.807, 2.05) is 42.5 Å². The fourth-order valence-corrected chi connectivity index (χ4v) is 2.30. The first-order valence-corrected chi connectivity index (χ1v) is 7.57. The minimum atomic E-state index is -0.192. The van der Waals surface area contributed by atoms with Crippen molar-refractivity contribution in [3.8, 4) is 0 Å². The molecule has 0 saturated heterocycles. The van der Waals surface area contributed by atoms with Crippen LogP contribution >= 0.6 is 0 Å². The molecule has 6 nitrogen and oxygen atoms in total. The molecule has 1 aromatic carbocycles. The summed E-state index contributed by atoms with van der Waals surface area (Å²) in [6, 6.07) is 13.3. The Morgan fingerprint density at radius 1 is 1.12 bits per heavy atom. The van der Waals surface area contributed by atoms with Gasteiger partial charge in [0.2, 0.25) is 5.91 Å². The number of hydrogen-bond acceptors (Lipinski definition) is 4. The quantitative estimate of drug-likeness (QED) is 0.707. The molecule has 0 saturated carbocycles. The maximum atomic E-state index is 12.3. The zero-order valence-electron chi connectivity index (χ0n) is 13.0. The van der Waals surface area contributed by atoms with Crippen molar-refractivity contribution in [1.29, 1.82) is 0 Å². The van der Waals surface area contributed by atoms with Crippen molar-refractivity contribution in [3.63, 3.8) is 0 Å². The van der Waals surface area contributed by atoms with Crippen LogP contribution in [0.4, 0.5) is 0 Å². The molecule has 24 heavy (non-hydrogen) atoms. The highest BCUT2D eigenvalue weighted by molar-refractivity contribution is 5.91. The zero-order valence-corrected chi connectivity index (χ0v) is 13.0. The lowest BCUT2D eigenvalue weighted by atomic mass is 10.1. The normalized spacial score (nSPS) is 12.2. The highest BCUT2D eigenvalue weighted by atomic mass is 16.1. The molecule has 0 aliphatic rings. The van der Waals surface area contributed by atoms with E-state index in [4.69, 9.17) is 0 Å². The second-order valence-electron chi connectivity index (χ2n) is 5.20. The number of carbonyl (C=O) groups is 1. The highest BCUT2D eigenvalue weighted by Crippen LogP contribution is 2.14. The molecule has 0 radical (unpaired) electrons. The first-order valence-electron chi connectivity index (χ1n) is 7.57. The van der Waals surface area contributed by atoms with E-state index in [-0.39, 0.29) is 11.9 Å². The van der Waals surface area contributed by atoms with Crippen LogP contribution in [0.25, 0.3) is 6.08 Å². The van der Waals surface area contributed by atoms with E-state index in [0.29, 0.717) is 6.54 Å². The third-order valence-electron chi connectivity index (χ3n) is 3.49. The Morgan fingerprint density at radius 3 is 2.62 bits per heavy atom. The Kier molecular flexibility index (Phi) is 5.09. The van der Waals surface area contributed by atoms with Crippen LogP contribution in [0, 0.1) is 0 Å². The van der Waals surface area contributed by atoms with Gasteiger partial charge in [0, 0.05) is 18.5 Å². The number of hydrogen-bond donors (Lipinski definition) is 1. The summed E-state index contributed by atoms with van der Waals surface area (Å²) in [5.41, 5.74) is 1.94. The van der Waals surface area contributed by atoms with E-state index >= 15 is 0 Å². The maximum absolute atomic E-state index is 12.3. The molecule has 0 bridgehead atoms. The summed E-state index contributed by atoms with van der Waals surface area (Å²) in [4.78, 5) is 20.2. The Bertz CT molecular complexity index is 785. The predicted molar refractivity (Wildman–Crippen MR) is 90.6 cm³/mol. The van der Waals surface area contributed by atoms with Crippen molar-refractivity contribution in [1.82, 2.24) is 25.1 Å². The average molecular weight is 319 g/mol. The largest absolute Gasteiger partial charge is 0.344 e. The fraction of sp³-hybridized carbons (Fsp3) is 0.111. The molecule has 120 valence electrons. The van der Waals surface area contributed by atoms with Crippen molar-refractivity contribution in [2.45, 2.75) is 12.6 Å². The molecule has 3 aromatic rings. The summed E-state index contributed by atoms with van der Waals surface area (Å²) in [6.45, 7) is 0.513. The van der Waals surface area contributed by atoms with Gasteiger partial charge in [0.25, 0.3) is 0 Å². The van der Waals surface area contributed by atoms with Gasteiger partial charge in [-0.15, -0.1) is 0 Å². The number of amides is 1. The maximum Gasteiger partial charge on any atom is 0.244 e. The molecule has 2 heterocycles. The Hall–Kier alpha value is -3.28. The van der Waals surface area contributed by atoms with Crippen molar-refractivity contribution < 1.29 is 4.79 Å². The molecule has 0 spiro atoms. The number of aromatic nitrogens is 4. The van der Waals surface area contributed by atoms with Crippen molar-refractivity contribution in [3.05, 3.63) is 84.7 Å². The smallest absolute Gasteiger partial charge is 0.244 e. The summed E-state index contributed by atoms with van der Waals surface area (Å²) in [7, 11) is 0. The highest BCUT2D eigenvalue weighted by Gasteiger charge is 2.14. The molecule has 3 rings (SSSR count). The Balaban J connectivity index is 1.71. The van der Waals surface area contributed by atoms with Crippen molar-refractivity contribution in [2.24, 2.45) is 0 Å². The van der Waals surface area contributed by atoms with Gasteiger partial charge in [-0.2, -0.15) is 5.10 Å². The molecular formula is C18H17N5O. The summed E-state index contributed by atoms with van der Waals surface area (Å²) >= 11 is 0. The van der Waals surface area contributed by atoms with Crippen LogP contribution in [0.2, 0.25) is 0 Å². The van der Waals surface area contributed by atoms with Crippen LogP contribution in [-0.2, 0) is 11.3 Å². The van der Waals surface area contributed by atoms with Gasteiger partial charge in [0.05, 0.1) is 12.6 Å². The number of benzene rings is 1. The zero-order chi connectivity index (χ0) is 16.6. The molecule has 2 aromatic heterocycles. The third kappa shape index (κ3) is 4.36. The van der Waals surface area contributed by atoms with Gasteiger partial charge in [0.15, 0.2) is 0 Å². The number of pyridine rings is 1. The number of carbonyl (C=O) groups excluding carboxylic acids is 1. The molecule has 1 atom stereocenters. The Morgan fingerprint density at radius 2 is 1.92 bits per heavy atom. The fourth-order valence-electron chi connectivity index (χ4n) is 2.30. The van der Waals surface area contributed by atoms with E-state index in [1.54, 1.807) is 29.5 Å². The second kappa shape index (κ2) is 7.82. The second-order valence-corrected chi connectivity index (χ2v) is 5.20. The monoisotopic (exact) mass is 319 g/mol. The van der Waals surface area contributed by atoms with Crippen molar-refractivity contribution in [2.75, 3.05) is 0 Å². The SMILES string of the molecule is O=C(/C=C/c1ccncc1)N[C@@H](Cn1cncn1)c1ccccc1. The van der Waals surface area contributed by atoms with Gasteiger partial charge < -0.3 is 5.32 Å². The van der Waals surface area contributed by atoms with Gasteiger partial charge in [-0.1, -0.05) is 30.3 Å². The minimum Gasteiger partial charge on any atom is -0.344 e. The molecule has 0 unspecified atom stereocenters. The number of nitrogens with zero attached hydrogens (tertiary/aromatic N) is 4. The Labute approximate surface area is 139 Å². The van der Waals surface area contributed by atoms with E-state index in [1.165, 1.54) is 12.4 Å². The van der Waals surface area contributed by atoms with E-state index in [9.17, 15) is 4.79 Å². The summed E-state index contributed by atoms with van der Waals surface area (Å²) < 4.78 is 1.70. The molecule has 1 N–H and O–H groups in total. The predicted octanol–water partition coefficient (Wildman–Crippen LogP) is 2.24. The third-order valence-corrected chi connectivity index (χ3v) is 3.49. The number of nitrogens with one attached hydrogen (secondary N) is 1. The van der Waals surface area contributed by atoms with Crippen molar-refractivity contribution >= 4 is 12.0 Å². The minimum absolute atomic E-state index is 0.166. The van der Waals surface area contributed by atoms with Crippen LogP contribution in [-0.4, -0.2) is 25.7 Å². The summed E-state index contributed by atoms with van der Waals surface area (Å²) in [6.07, 6.45) is 9.77. The van der Waals surface area contributed by atoms with Crippen LogP contribution in [0.15, 0.2) is 73.6 Å². The first-order chi connectivity index (χ1) is 11.8. The molecule has 6 heteroatoms. The van der Waals surface area contributed by atoms with Crippen LogP contribution in [0.5, 0.6) is 0 Å². The van der Waals surface area contributed by atoms with E-state index in [0.717, 1.165) is 11.1 Å². The lowest BCUT2D eigenvalue weighted by Crippen LogP contribution is -2.30. The standard InChI is InChI=1S/C18H17N5O/c24-18(7-6-15-8-10-19-11-9-15)22-17(12-23-14-20-13-21-23)16-4-2-1-3-5-16/h1-11,13-14,17H,12H2,(H,22,24)/b7-6+/t17-/m0/s1.